The van der Waals surface area contributed by atoms with Crippen molar-refractivity contribution in [2.24, 2.45) is 0 Å². The van der Waals surface area contributed by atoms with Gasteiger partial charge in [0.15, 0.2) is 0 Å². The van der Waals surface area contributed by atoms with Crippen LogP contribution in [-0.2, 0) is 5.41 Å². The van der Waals surface area contributed by atoms with Crippen molar-refractivity contribution < 1.29 is 0 Å². The van der Waals surface area contributed by atoms with E-state index in [1.165, 1.54) is 56.5 Å². The van der Waals surface area contributed by atoms with E-state index in [4.69, 9.17) is 9.97 Å². The predicted molar refractivity (Wildman–Crippen MR) is 139 cm³/mol. The zero-order chi connectivity index (χ0) is 21.5. The standard InChI is InChI=1S/C26H22N2S3/c1-13-14(2)30-24-17(13)6-7-19-20(24)22-25(31-19)21(27-12-28-22)16-10-15-8-9-29-23(15)18(11-16)26(3,4)5/h6-12H,1-5H3. The van der Waals surface area contributed by atoms with Gasteiger partial charge in [-0.3, -0.25) is 0 Å². The molecule has 4 heterocycles. The molecule has 6 aromatic rings. The number of aryl methyl sites for hydroxylation is 2. The Morgan fingerprint density at radius 2 is 1.71 bits per heavy atom. The lowest BCUT2D eigenvalue weighted by Gasteiger charge is -2.21. The first kappa shape index (κ1) is 19.4. The van der Waals surface area contributed by atoms with Gasteiger partial charge in [-0.05, 0) is 70.8 Å². The highest BCUT2D eigenvalue weighted by Gasteiger charge is 2.22. The van der Waals surface area contributed by atoms with E-state index >= 15 is 0 Å². The van der Waals surface area contributed by atoms with Crippen LogP contribution >= 0.6 is 34.0 Å². The Balaban J connectivity index is 1.71. The first-order chi connectivity index (χ1) is 14.8. The molecule has 0 amide bonds. The molecule has 6 rings (SSSR count). The van der Waals surface area contributed by atoms with Crippen molar-refractivity contribution in [1.82, 2.24) is 9.97 Å². The Bertz CT molecular complexity index is 1640. The summed E-state index contributed by atoms with van der Waals surface area (Å²) in [5.74, 6) is 0. The molecule has 0 fully saturated rings. The molecule has 0 atom stereocenters. The van der Waals surface area contributed by atoms with Crippen LogP contribution in [0.25, 0.3) is 51.7 Å². The maximum absolute atomic E-state index is 4.80. The Morgan fingerprint density at radius 3 is 2.52 bits per heavy atom. The number of rotatable bonds is 1. The van der Waals surface area contributed by atoms with E-state index in [0.29, 0.717) is 0 Å². The number of nitrogens with zero attached hydrogens (tertiary/aromatic N) is 2. The summed E-state index contributed by atoms with van der Waals surface area (Å²) < 4.78 is 5.21. The van der Waals surface area contributed by atoms with Crippen LogP contribution in [-0.4, -0.2) is 9.97 Å². The van der Waals surface area contributed by atoms with Crippen LogP contribution in [0.4, 0.5) is 0 Å². The Hall–Kier alpha value is -2.34. The third-order valence-electron chi connectivity index (χ3n) is 6.19. The van der Waals surface area contributed by atoms with Crippen molar-refractivity contribution in [3.63, 3.8) is 0 Å². The second-order valence-corrected chi connectivity index (χ2v) is 12.4. The van der Waals surface area contributed by atoms with E-state index in [1.807, 2.05) is 34.0 Å². The summed E-state index contributed by atoms with van der Waals surface area (Å²) >= 11 is 5.53. The number of hydrogen-bond donors (Lipinski definition) is 0. The largest absolute Gasteiger partial charge is 0.235 e. The molecule has 0 aliphatic heterocycles. The van der Waals surface area contributed by atoms with Crippen LogP contribution in [0.15, 0.2) is 42.0 Å². The molecule has 154 valence electrons. The number of aromatic nitrogens is 2. The summed E-state index contributed by atoms with van der Waals surface area (Å²) in [5.41, 5.74) is 6.15. The summed E-state index contributed by atoms with van der Waals surface area (Å²) in [6, 6.07) is 11.4. The third-order valence-corrected chi connectivity index (χ3v) is 9.55. The first-order valence-electron chi connectivity index (χ1n) is 10.4. The summed E-state index contributed by atoms with van der Waals surface area (Å²) in [5, 5.41) is 6.13. The van der Waals surface area contributed by atoms with E-state index < -0.39 is 0 Å². The van der Waals surface area contributed by atoms with Gasteiger partial charge >= 0.3 is 0 Å². The molecule has 0 aliphatic rings. The molecule has 0 saturated heterocycles. The van der Waals surface area contributed by atoms with Crippen molar-refractivity contribution in [2.45, 2.75) is 40.0 Å². The minimum Gasteiger partial charge on any atom is -0.235 e. The molecule has 0 unspecified atom stereocenters. The van der Waals surface area contributed by atoms with Crippen molar-refractivity contribution in [3.8, 4) is 11.3 Å². The van der Waals surface area contributed by atoms with Crippen LogP contribution in [0.3, 0.4) is 0 Å². The van der Waals surface area contributed by atoms with Crippen LogP contribution in [0.2, 0.25) is 0 Å². The third kappa shape index (κ3) is 2.80. The zero-order valence-electron chi connectivity index (χ0n) is 18.2. The first-order valence-corrected chi connectivity index (χ1v) is 12.9. The van der Waals surface area contributed by atoms with Gasteiger partial charge in [0.1, 0.15) is 6.33 Å². The van der Waals surface area contributed by atoms with E-state index in [-0.39, 0.29) is 5.41 Å². The molecule has 5 heteroatoms. The average molecular weight is 459 g/mol. The molecule has 2 aromatic carbocycles. The molecule has 0 saturated carbocycles. The lowest BCUT2D eigenvalue weighted by molar-refractivity contribution is 0.597. The fraction of sp³-hybridized carbons (Fsp3) is 0.231. The molecular formula is C26H22N2S3. The topological polar surface area (TPSA) is 25.8 Å². The van der Waals surface area contributed by atoms with E-state index in [0.717, 1.165) is 11.2 Å². The van der Waals surface area contributed by atoms with Crippen LogP contribution in [0.5, 0.6) is 0 Å². The Kier molecular flexibility index (Phi) is 4.11. The molecule has 0 spiro atoms. The summed E-state index contributed by atoms with van der Waals surface area (Å²) in [4.78, 5) is 11.0. The molecule has 0 bridgehead atoms. The summed E-state index contributed by atoms with van der Waals surface area (Å²) in [6.45, 7) is 11.3. The molecular weight excluding hydrogens is 437 g/mol. The lowest BCUT2D eigenvalue weighted by Crippen LogP contribution is -2.11. The Labute approximate surface area is 193 Å². The SMILES string of the molecule is Cc1sc2c(ccc3sc4c(-c5cc(C(C)(C)C)c6sccc6c5)ncnc4c32)c1C. The second-order valence-electron chi connectivity index (χ2n) is 9.21. The van der Waals surface area contributed by atoms with Crippen LogP contribution < -0.4 is 0 Å². The van der Waals surface area contributed by atoms with Gasteiger partial charge in [-0.15, -0.1) is 34.0 Å². The summed E-state index contributed by atoms with van der Waals surface area (Å²) in [6.07, 6.45) is 1.74. The minimum absolute atomic E-state index is 0.0730. The Morgan fingerprint density at radius 1 is 0.871 bits per heavy atom. The number of hydrogen-bond acceptors (Lipinski definition) is 5. The lowest BCUT2D eigenvalue weighted by atomic mass is 9.85. The van der Waals surface area contributed by atoms with Crippen molar-refractivity contribution in [2.75, 3.05) is 0 Å². The van der Waals surface area contributed by atoms with Gasteiger partial charge in [0.05, 0.1) is 15.9 Å². The number of fused-ring (bicyclic) bond motifs is 6. The van der Waals surface area contributed by atoms with Gasteiger partial charge in [-0.1, -0.05) is 26.8 Å². The smallest absolute Gasteiger partial charge is 0.116 e. The maximum Gasteiger partial charge on any atom is 0.116 e. The highest BCUT2D eigenvalue weighted by atomic mass is 32.1. The molecule has 0 radical (unpaired) electrons. The normalized spacial score (nSPS) is 12.7. The van der Waals surface area contributed by atoms with E-state index in [2.05, 4.69) is 70.3 Å². The average Bonchev–Trinajstić information content (AvgIpc) is 3.42. The van der Waals surface area contributed by atoms with Crippen molar-refractivity contribution in [1.29, 1.82) is 0 Å². The molecule has 0 aliphatic carbocycles. The van der Waals surface area contributed by atoms with Gasteiger partial charge in [0.2, 0.25) is 0 Å². The molecule has 0 N–H and O–H groups in total. The van der Waals surface area contributed by atoms with Crippen molar-refractivity contribution >= 4 is 74.5 Å². The van der Waals surface area contributed by atoms with Gasteiger partial charge in [-0.2, -0.15) is 0 Å². The second kappa shape index (κ2) is 6.58. The molecule has 2 nitrogen and oxygen atoms in total. The number of benzene rings is 2. The quantitative estimate of drug-likeness (QED) is 0.246. The van der Waals surface area contributed by atoms with E-state index in [1.54, 1.807) is 6.33 Å². The molecule has 31 heavy (non-hydrogen) atoms. The fourth-order valence-corrected chi connectivity index (χ4v) is 7.99. The summed E-state index contributed by atoms with van der Waals surface area (Å²) in [7, 11) is 0. The fourth-order valence-electron chi connectivity index (χ4n) is 4.43. The zero-order valence-corrected chi connectivity index (χ0v) is 20.6. The van der Waals surface area contributed by atoms with E-state index in [9.17, 15) is 0 Å². The highest BCUT2D eigenvalue weighted by molar-refractivity contribution is 7.28. The van der Waals surface area contributed by atoms with Crippen LogP contribution in [0.1, 0.15) is 36.8 Å². The predicted octanol–water partition coefficient (Wildman–Crippen LogP) is 8.86. The van der Waals surface area contributed by atoms with Gasteiger partial charge in [0.25, 0.3) is 0 Å². The van der Waals surface area contributed by atoms with Gasteiger partial charge < -0.3 is 0 Å². The maximum atomic E-state index is 4.80. The van der Waals surface area contributed by atoms with Gasteiger partial charge in [0, 0.05) is 29.9 Å². The minimum atomic E-state index is 0.0730. The highest BCUT2D eigenvalue weighted by Crippen LogP contribution is 2.45. The number of thiophene rings is 3. The van der Waals surface area contributed by atoms with Gasteiger partial charge in [-0.25, -0.2) is 9.97 Å². The van der Waals surface area contributed by atoms with Crippen LogP contribution in [0, 0.1) is 13.8 Å². The molecule has 4 aromatic heterocycles. The van der Waals surface area contributed by atoms with Crippen molar-refractivity contribution in [3.05, 3.63) is 58.0 Å². The monoisotopic (exact) mass is 458 g/mol.